The Labute approximate surface area is 129 Å². The van der Waals surface area contributed by atoms with Gasteiger partial charge in [-0.2, -0.15) is 0 Å². The molecule has 1 unspecified atom stereocenters. The summed E-state index contributed by atoms with van der Waals surface area (Å²) in [4.78, 5) is 3.16. The van der Waals surface area contributed by atoms with Crippen molar-refractivity contribution in [2.75, 3.05) is 0 Å². The molecule has 0 radical (unpaired) electrons. The van der Waals surface area contributed by atoms with E-state index < -0.39 is 0 Å². The van der Waals surface area contributed by atoms with Crippen LogP contribution < -0.4 is 0 Å². The molecule has 0 amide bonds. The molecular formula is C17H18N2OS. The Hall–Kier alpha value is -2.07. The fourth-order valence-corrected chi connectivity index (χ4v) is 3.11. The van der Waals surface area contributed by atoms with Gasteiger partial charge in [0.1, 0.15) is 11.5 Å². The predicted octanol–water partition coefficient (Wildman–Crippen LogP) is 5.03. The highest BCUT2D eigenvalue weighted by Crippen LogP contribution is 2.30. The second-order valence-corrected chi connectivity index (χ2v) is 5.65. The smallest absolute Gasteiger partial charge is 0.178 e. The summed E-state index contributed by atoms with van der Waals surface area (Å²) >= 11 is 5.48. The van der Waals surface area contributed by atoms with Gasteiger partial charge in [-0.15, -0.1) is 0 Å². The number of aromatic nitrogens is 2. The first-order chi connectivity index (χ1) is 10.1. The molecule has 0 aliphatic rings. The standard InChI is InChI=1S/C17H18N2OS/c1-11-9-15(13(3)20-11)12(2)19-16(10-18-17(19)21)14-7-5-4-6-8-14/h4-10,12H,1-3H3,(H,18,21). The van der Waals surface area contributed by atoms with Crippen LogP contribution in [0.25, 0.3) is 11.3 Å². The number of rotatable bonds is 3. The van der Waals surface area contributed by atoms with Crippen molar-refractivity contribution in [3.63, 3.8) is 0 Å². The van der Waals surface area contributed by atoms with Crippen LogP contribution >= 0.6 is 12.2 Å². The van der Waals surface area contributed by atoms with Gasteiger partial charge in [-0.3, -0.25) is 0 Å². The molecule has 108 valence electrons. The highest BCUT2D eigenvalue weighted by Gasteiger charge is 2.18. The number of hydrogen-bond donors (Lipinski definition) is 1. The molecule has 0 aliphatic carbocycles. The third-order valence-corrected chi connectivity index (χ3v) is 4.11. The maximum atomic E-state index is 5.66. The summed E-state index contributed by atoms with van der Waals surface area (Å²) in [5, 5.41) is 0. The van der Waals surface area contributed by atoms with E-state index in [2.05, 4.69) is 34.7 Å². The third-order valence-electron chi connectivity index (χ3n) is 3.80. The first-order valence-corrected chi connectivity index (χ1v) is 7.41. The zero-order valence-electron chi connectivity index (χ0n) is 12.4. The Bertz CT molecular complexity index is 811. The van der Waals surface area contributed by atoms with Gasteiger partial charge in [0, 0.05) is 11.8 Å². The maximum absolute atomic E-state index is 5.66. The normalized spacial score (nSPS) is 12.5. The molecule has 4 heteroatoms. The molecule has 1 aromatic carbocycles. The Morgan fingerprint density at radius 2 is 1.90 bits per heavy atom. The largest absolute Gasteiger partial charge is 0.466 e. The molecule has 1 atom stereocenters. The molecule has 2 aromatic heterocycles. The van der Waals surface area contributed by atoms with Gasteiger partial charge in [-0.1, -0.05) is 30.3 Å². The van der Waals surface area contributed by atoms with Gasteiger partial charge in [0.05, 0.1) is 11.7 Å². The minimum atomic E-state index is 0.122. The molecule has 0 spiro atoms. The van der Waals surface area contributed by atoms with Crippen molar-refractivity contribution >= 4 is 12.2 Å². The van der Waals surface area contributed by atoms with Crippen molar-refractivity contribution in [3.8, 4) is 11.3 Å². The quantitative estimate of drug-likeness (QED) is 0.688. The summed E-state index contributed by atoms with van der Waals surface area (Å²) < 4.78 is 8.52. The SMILES string of the molecule is Cc1cc(C(C)n2c(-c3ccccc3)c[nH]c2=S)c(C)o1. The molecule has 3 nitrogen and oxygen atoms in total. The maximum Gasteiger partial charge on any atom is 0.178 e. The van der Waals surface area contributed by atoms with E-state index in [1.54, 1.807) is 0 Å². The molecule has 3 aromatic rings. The molecule has 21 heavy (non-hydrogen) atoms. The van der Waals surface area contributed by atoms with Crippen LogP contribution in [0.3, 0.4) is 0 Å². The lowest BCUT2D eigenvalue weighted by Crippen LogP contribution is -2.08. The fourth-order valence-electron chi connectivity index (χ4n) is 2.80. The van der Waals surface area contributed by atoms with Crippen LogP contribution in [-0.4, -0.2) is 9.55 Å². The molecule has 0 fully saturated rings. The lowest BCUT2D eigenvalue weighted by molar-refractivity contribution is 0.494. The minimum absolute atomic E-state index is 0.122. The predicted molar refractivity (Wildman–Crippen MR) is 87.0 cm³/mol. The van der Waals surface area contributed by atoms with Crippen LogP contribution in [0.15, 0.2) is 47.0 Å². The monoisotopic (exact) mass is 298 g/mol. The summed E-state index contributed by atoms with van der Waals surface area (Å²) in [6, 6.07) is 12.5. The van der Waals surface area contributed by atoms with Crippen LogP contribution in [-0.2, 0) is 0 Å². The van der Waals surface area contributed by atoms with Crippen LogP contribution in [0.1, 0.15) is 30.0 Å². The Morgan fingerprint density at radius 1 is 1.19 bits per heavy atom. The van der Waals surface area contributed by atoms with Gasteiger partial charge < -0.3 is 14.0 Å². The van der Waals surface area contributed by atoms with Crippen molar-refractivity contribution in [1.82, 2.24) is 9.55 Å². The zero-order valence-corrected chi connectivity index (χ0v) is 13.2. The van der Waals surface area contributed by atoms with Gasteiger partial charge >= 0.3 is 0 Å². The lowest BCUT2D eigenvalue weighted by atomic mass is 10.1. The number of H-pyrrole nitrogens is 1. The topological polar surface area (TPSA) is 33.9 Å². The minimum Gasteiger partial charge on any atom is -0.466 e. The summed E-state index contributed by atoms with van der Waals surface area (Å²) in [6.45, 7) is 6.11. The van der Waals surface area contributed by atoms with Crippen LogP contribution in [0.4, 0.5) is 0 Å². The van der Waals surface area contributed by atoms with Gasteiger partial charge in [-0.05, 0) is 44.6 Å². The van der Waals surface area contributed by atoms with Gasteiger partial charge in [0.2, 0.25) is 0 Å². The van der Waals surface area contributed by atoms with Gasteiger partial charge in [0.25, 0.3) is 0 Å². The Morgan fingerprint density at radius 3 is 2.52 bits per heavy atom. The van der Waals surface area contributed by atoms with Gasteiger partial charge in [0.15, 0.2) is 4.77 Å². The number of imidazole rings is 1. The number of aryl methyl sites for hydroxylation is 2. The van der Waals surface area contributed by atoms with E-state index in [4.69, 9.17) is 16.6 Å². The summed E-state index contributed by atoms with van der Waals surface area (Å²) in [7, 11) is 0. The van der Waals surface area contributed by atoms with E-state index in [9.17, 15) is 0 Å². The van der Waals surface area contributed by atoms with Crippen molar-refractivity contribution in [2.24, 2.45) is 0 Å². The van der Waals surface area contributed by atoms with Crippen molar-refractivity contribution in [1.29, 1.82) is 0 Å². The second-order valence-electron chi connectivity index (χ2n) is 5.26. The molecule has 3 rings (SSSR count). The molecule has 2 heterocycles. The van der Waals surface area contributed by atoms with Crippen molar-refractivity contribution in [2.45, 2.75) is 26.8 Å². The molecular weight excluding hydrogens is 280 g/mol. The van der Waals surface area contributed by atoms with Crippen molar-refractivity contribution in [3.05, 3.63) is 64.5 Å². The number of nitrogens with one attached hydrogen (secondary N) is 1. The lowest BCUT2D eigenvalue weighted by Gasteiger charge is -2.16. The number of aromatic amines is 1. The number of furan rings is 1. The van der Waals surface area contributed by atoms with Gasteiger partial charge in [-0.25, -0.2) is 0 Å². The van der Waals surface area contributed by atoms with Crippen molar-refractivity contribution < 1.29 is 4.42 Å². The first-order valence-electron chi connectivity index (χ1n) is 7.00. The summed E-state index contributed by atoms with van der Waals surface area (Å²) in [5.41, 5.74) is 3.40. The third kappa shape index (κ3) is 2.47. The molecule has 0 aliphatic heterocycles. The zero-order chi connectivity index (χ0) is 15.0. The second kappa shape index (κ2) is 5.37. The number of nitrogens with zero attached hydrogens (tertiary/aromatic N) is 1. The van der Waals surface area contributed by atoms with Crippen LogP contribution in [0.5, 0.6) is 0 Å². The molecule has 0 bridgehead atoms. The van der Waals surface area contributed by atoms with E-state index in [0.717, 1.165) is 27.5 Å². The fraction of sp³-hybridized carbons (Fsp3) is 0.235. The Balaban J connectivity index is 2.13. The molecule has 1 N–H and O–H groups in total. The number of benzene rings is 1. The highest BCUT2D eigenvalue weighted by atomic mass is 32.1. The average Bonchev–Trinajstić information content (AvgIpc) is 3.02. The summed E-state index contributed by atoms with van der Waals surface area (Å²) in [6.07, 6.45) is 1.97. The number of hydrogen-bond acceptors (Lipinski definition) is 2. The highest BCUT2D eigenvalue weighted by molar-refractivity contribution is 7.71. The van der Waals surface area contributed by atoms with E-state index in [-0.39, 0.29) is 6.04 Å². The average molecular weight is 298 g/mol. The van der Waals surface area contributed by atoms with E-state index in [1.165, 1.54) is 5.56 Å². The summed E-state index contributed by atoms with van der Waals surface area (Å²) in [5.74, 6) is 1.87. The molecule has 0 saturated heterocycles. The van der Waals surface area contributed by atoms with Crippen LogP contribution in [0.2, 0.25) is 0 Å². The first kappa shape index (κ1) is 13.9. The molecule has 0 saturated carbocycles. The van der Waals surface area contributed by atoms with E-state index in [1.807, 2.05) is 38.2 Å². The van der Waals surface area contributed by atoms with Crippen LogP contribution in [0, 0.1) is 18.6 Å². The Kier molecular flexibility index (Phi) is 3.55. The van der Waals surface area contributed by atoms with E-state index >= 15 is 0 Å². The van der Waals surface area contributed by atoms with E-state index in [0.29, 0.717) is 0 Å².